The number of para-hydroxylation sites is 1. The molecule has 8 aromatic carbocycles. The fourth-order valence-corrected chi connectivity index (χ4v) is 7.13. The van der Waals surface area contributed by atoms with E-state index in [0.717, 1.165) is 44.9 Å². The van der Waals surface area contributed by atoms with Gasteiger partial charge in [0.1, 0.15) is 11.3 Å². The molecule has 0 spiro atoms. The number of hydrogen-bond acceptors (Lipinski definition) is 2. The van der Waals surface area contributed by atoms with Gasteiger partial charge >= 0.3 is 0 Å². The Balaban J connectivity index is 1.16. The Morgan fingerprint density at radius 2 is 0.959 bits per heavy atom. The van der Waals surface area contributed by atoms with Gasteiger partial charge in [0, 0.05) is 33.6 Å². The maximum Gasteiger partial charge on any atom is 0.138 e. The molecule has 0 fully saturated rings. The number of anilines is 3. The van der Waals surface area contributed by atoms with Crippen LogP contribution in [-0.2, 0) is 0 Å². The van der Waals surface area contributed by atoms with Crippen molar-refractivity contribution in [2.75, 3.05) is 4.90 Å². The molecule has 49 heavy (non-hydrogen) atoms. The van der Waals surface area contributed by atoms with Gasteiger partial charge in [-0.15, -0.1) is 0 Å². The average Bonchev–Trinajstić information content (AvgIpc) is 3.51. The molecule has 0 radical (unpaired) electrons. The maximum atomic E-state index is 6.42. The molecule has 9 rings (SSSR count). The number of hydrogen-bond donors (Lipinski definition) is 0. The van der Waals surface area contributed by atoms with Crippen LogP contribution in [0, 0.1) is 6.92 Å². The summed E-state index contributed by atoms with van der Waals surface area (Å²) in [5.41, 5.74) is 11.2. The standard InChI is InChI=1S/C47H33NO/c1-32-43-18-7-8-20-46(43)49-47(32)39-16-10-17-41(31-39)48(42-27-28-45-38(30-42)22-21-35-13-5-6-19-44(35)45)40-25-23-34(24-26-40)37-15-9-14-36(29-37)33-11-3-2-4-12-33/h2-31H,1H3. The molecule has 0 saturated heterocycles. The molecular formula is C47H33NO. The zero-order valence-corrected chi connectivity index (χ0v) is 27.2. The molecule has 0 aliphatic carbocycles. The van der Waals surface area contributed by atoms with Crippen molar-refractivity contribution >= 4 is 49.6 Å². The Morgan fingerprint density at radius 3 is 1.78 bits per heavy atom. The van der Waals surface area contributed by atoms with E-state index in [-0.39, 0.29) is 0 Å². The van der Waals surface area contributed by atoms with Gasteiger partial charge in [-0.2, -0.15) is 0 Å². The minimum Gasteiger partial charge on any atom is -0.456 e. The van der Waals surface area contributed by atoms with Gasteiger partial charge in [-0.3, -0.25) is 0 Å². The van der Waals surface area contributed by atoms with E-state index in [1.54, 1.807) is 0 Å². The van der Waals surface area contributed by atoms with E-state index in [2.05, 4.69) is 182 Å². The van der Waals surface area contributed by atoms with E-state index in [4.69, 9.17) is 4.42 Å². The summed E-state index contributed by atoms with van der Waals surface area (Å²) < 4.78 is 6.42. The zero-order valence-electron chi connectivity index (χ0n) is 27.2. The highest BCUT2D eigenvalue weighted by atomic mass is 16.3. The SMILES string of the molecule is Cc1c(-c2cccc(N(c3ccc(-c4cccc(-c5ccccc5)c4)cc3)c3ccc4c(ccc5ccccc54)c3)c2)oc2ccccc12. The van der Waals surface area contributed by atoms with Crippen molar-refractivity contribution in [2.45, 2.75) is 6.92 Å². The highest BCUT2D eigenvalue weighted by Crippen LogP contribution is 2.41. The summed E-state index contributed by atoms with van der Waals surface area (Å²) in [6, 6.07) is 65.1. The van der Waals surface area contributed by atoms with Gasteiger partial charge in [-0.05, 0) is 99.3 Å². The third kappa shape index (κ3) is 5.24. The quantitative estimate of drug-likeness (QED) is 0.171. The first-order valence-electron chi connectivity index (χ1n) is 16.8. The van der Waals surface area contributed by atoms with E-state index >= 15 is 0 Å². The lowest BCUT2D eigenvalue weighted by atomic mass is 9.98. The lowest BCUT2D eigenvalue weighted by Gasteiger charge is -2.26. The maximum absolute atomic E-state index is 6.42. The van der Waals surface area contributed by atoms with Crippen LogP contribution in [0.3, 0.4) is 0 Å². The molecule has 0 N–H and O–H groups in total. The van der Waals surface area contributed by atoms with Gasteiger partial charge in [0.15, 0.2) is 0 Å². The Labute approximate surface area is 286 Å². The highest BCUT2D eigenvalue weighted by molar-refractivity contribution is 6.08. The summed E-state index contributed by atoms with van der Waals surface area (Å²) in [7, 11) is 0. The summed E-state index contributed by atoms with van der Waals surface area (Å²) in [5.74, 6) is 0.904. The first-order valence-corrected chi connectivity index (χ1v) is 16.8. The number of fused-ring (bicyclic) bond motifs is 4. The predicted octanol–water partition coefficient (Wildman–Crippen LogP) is 13.5. The van der Waals surface area contributed by atoms with Crippen molar-refractivity contribution in [2.24, 2.45) is 0 Å². The smallest absolute Gasteiger partial charge is 0.138 e. The average molecular weight is 628 g/mol. The molecular weight excluding hydrogens is 595 g/mol. The van der Waals surface area contributed by atoms with Crippen LogP contribution in [0.1, 0.15) is 5.56 Å². The second-order valence-electron chi connectivity index (χ2n) is 12.6. The Kier molecular flexibility index (Phi) is 7.06. The molecule has 0 amide bonds. The van der Waals surface area contributed by atoms with E-state index in [1.165, 1.54) is 43.8 Å². The monoisotopic (exact) mass is 627 g/mol. The van der Waals surface area contributed by atoms with E-state index in [9.17, 15) is 0 Å². The minimum atomic E-state index is 0.904. The predicted molar refractivity (Wildman–Crippen MR) is 207 cm³/mol. The van der Waals surface area contributed by atoms with Crippen molar-refractivity contribution in [3.8, 4) is 33.6 Å². The molecule has 232 valence electrons. The number of furan rings is 1. The summed E-state index contributed by atoms with van der Waals surface area (Å²) in [6.45, 7) is 2.14. The van der Waals surface area contributed by atoms with Crippen molar-refractivity contribution < 1.29 is 4.42 Å². The van der Waals surface area contributed by atoms with Gasteiger partial charge in [0.05, 0.1) is 0 Å². The van der Waals surface area contributed by atoms with Crippen LogP contribution in [0.4, 0.5) is 17.1 Å². The van der Waals surface area contributed by atoms with Crippen LogP contribution in [0.15, 0.2) is 186 Å². The first-order chi connectivity index (χ1) is 24.2. The van der Waals surface area contributed by atoms with Crippen molar-refractivity contribution in [1.29, 1.82) is 0 Å². The van der Waals surface area contributed by atoms with Gasteiger partial charge < -0.3 is 9.32 Å². The van der Waals surface area contributed by atoms with Gasteiger partial charge in [0.25, 0.3) is 0 Å². The van der Waals surface area contributed by atoms with Gasteiger partial charge in [-0.25, -0.2) is 0 Å². The summed E-state index contributed by atoms with van der Waals surface area (Å²) in [5, 5.41) is 6.12. The molecule has 0 saturated carbocycles. The fourth-order valence-electron chi connectivity index (χ4n) is 7.13. The summed E-state index contributed by atoms with van der Waals surface area (Å²) in [4.78, 5) is 2.35. The number of aryl methyl sites for hydroxylation is 1. The second kappa shape index (κ2) is 12.0. The van der Waals surface area contributed by atoms with Crippen molar-refractivity contribution in [3.63, 3.8) is 0 Å². The van der Waals surface area contributed by atoms with E-state index < -0.39 is 0 Å². The van der Waals surface area contributed by atoms with Crippen LogP contribution in [-0.4, -0.2) is 0 Å². The Morgan fingerprint density at radius 1 is 0.367 bits per heavy atom. The normalized spacial score (nSPS) is 11.4. The lowest BCUT2D eigenvalue weighted by Crippen LogP contribution is -2.10. The molecule has 0 aliphatic rings. The second-order valence-corrected chi connectivity index (χ2v) is 12.6. The summed E-state index contributed by atoms with van der Waals surface area (Å²) in [6.07, 6.45) is 0. The molecule has 9 aromatic rings. The lowest BCUT2D eigenvalue weighted by molar-refractivity contribution is 0.629. The molecule has 1 heterocycles. The van der Waals surface area contributed by atoms with Gasteiger partial charge in [-0.1, -0.05) is 133 Å². The van der Waals surface area contributed by atoms with Crippen LogP contribution in [0.25, 0.3) is 66.1 Å². The highest BCUT2D eigenvalue weighted by Gasteiger charge is 2.18. The molecule has 0 bridgehead atoms. The van der Waals surface area contributed by atoms with Crippen LogP contribution in [0.2, 0.25) is 0 Å². The summed E-state index contributed by atoms with van der Waals surface area (Å²) >= 11 is 0. The third-order valence-corrected chi connectivity index (χ3v) is 9.63. The largest absolute Gasteiger partial charge is 0.456 e. The topological polar surface area (TPSA) is 16.4 Å². The molecule has 2 heteroatoms. The third-order valence-electron chi connectivity index (χ3n) is 9.63. The van der Waals surface area contributed by atoms with Crippen LogP contribution in [0.5, 0.6) is 0 Å². The van der Waals surface area contributed by atoms with Crippen LogP contribution < -0.4 is 4.90 Å². The Hall–Kier alpha value is -6.38. The number of benzene rings is 8. The number of nitrogens with zero attached hydrogens (tertiary/aromatic N) is 1. The van der Waals surface area contributed by atoms with Crippen molar-refractivity contribution in [1.82, 2.24) is 0 Å². The number of rotatable bonds is 6. The van der Waals surface area contributed by atoms with E-state index in [0.29, 0.717) is 0 Å². The minimum absolute atomic E-state index is 0.904. The van der Waals surface area contributed by atoms with E-state index in [1.807, 2.05) is 12.1 Å². The van der Waals surface area contributed by atoms with Crippen LogP contribution >= 0.6 is 0 Å². The first kappa shape index (κ1) is 28.8. The molecule has 0 atom stereocenters. The Bertz CT molecular complexity index is 2610. The van der Waals surface area contributed by atoms with Crippen molar-refractivity contribution in [3.05, 3.63) is 188 Å². The molecule has 0 aliphatic heterocycles. The van der Waals surface area contributed by atoms with Gasteiger partial charge in [0.2, 0.25) is 0 Å². The fraction of sp³-hybridized carbons (Fsp3) is 0.0213. The zero-order chi connectivity index (χ0) is 32.7. The molecule has 0 unspecified atom stereocenters. The molecule has 1 aromatic heterocycles. The molecule has 2 nitrogen and oxygen atoms in total.